The highest BCUT2D eigenvalue weighted by Gasteiger charge is 2.68. The molecular formula is C22H33NO. The van der Waals surface area contributed by atoms with Crippen LogP contribution in [0.25, 0.3) is 0 Å². The molecule has 2 N–H and O–H groups in total. The van der Waals surface area contributed by atoms with Crippen LogP contribution in [-0.4, -0.2) is 12.3 Å². The predicted octanol–water partition coefficient (Wildman–Crippen LogP) is 4.36. The molecule has 3 fully saturated rings. The Morgan fingerprint density at radius 2 is 2.00 bits per heavy atom. The minimum atomic E-state index is 0.335. The molecule has 132 valence electrons. The molecule has 5 rings (SSSR count). The molecule has 8 atom stereocenters. The predicted molar refractivity (Wildman–Crippen MR) is 98.3 cm³/mol. The molecule has 5 aliphatic carbocycles. The molecule has 24 heavy (non-hydrogen) atoms. The number of hydrogen-bond acceptors (Lipinski definition) is 2. The van der Waals surface area contributed by atoms with E-state index in [4.69, 9.17) is 5.73 Å². The van der Waals surface area contributed by atoms with Crippen LogP contribution in [0.3, 0.4) is 0 Å². The standard InChI is InChI=1S/C20H27NO.C2H6/c1-20-7-6-14-13-5-3-12(22)8-11(13)2-4-15(14)19(20)17-9-16(17)18(20)10-21;1-2/h2,4,8,13-19H,3,5-7,9-10,21H2,1H3;1-2H3/t13?,14?,15?,16?,17?,18-,19?,20?;/m0./s1. The van der Waals surface area contributed by atoms with Gasteiger partial charge in [0, 0.05) is 6.42 Å². The minimum absolute atomic E-state index is 0.335. The summed E-state index contributed by atoms with van der Waals surface area (Å²) in [5.74, 6) is 6.04. The van der Waals surface area contributed by atoms with E-state index >= 15 is 0 Å². The highest BCUT2D eigenvalue weighted by Crippen LogP contribution is 2.73. The van der Waals surface area contributed by atoms with Crippen molar-refractivity contribution in [2.45, 2.75) is 52.9 Å². The van der Waals surface area contributed by atoms with Gasteiger partial charge >= 0.3 is 0 Å². The zero-order valence-corrected chi connectivity index (χ0v) is 15.5. The first kappa shape index (κ1) is 16.6. The van der Waals surface area contributed by atoms with Crippen molar-refractivity contribution in [3.05, 3.63) is 23.8 Å². The zero-order chi connectivity index (χ0) is 17.1. The summed E-state index contributed by atoms with van der Waals surface area (Å²) in [6, 6.07) is 0. The molecule has 0 bridgehead atoms. The Morgan fingerprint density at radius 1 is 1.21 bits per heavy atom. The smallest absolute Gasteiger partial charge is 0.155 e. The number of rotatable bonds is 1. The van der Waals surface area contributed by atoms with Crippen molar-refractivity contribution in [1.82, 2.24) is 0 Å². The first-order valence-electron chi connectivity index (χ1n) is 10.3. The van der Waals surface area contributed by atoms with E-state index in [-0.39, 0.29) is 0 Å². The van der Waals surface area contributed by atoms with Crippen molar-refractivity contribution < 1.29 is 4.79 Å². The van der Waals surface area contributed by atoms with Crippen molar-refractivity contribution in [2.75, 3.05) is 6.54 Å². The number of nitrogens with two attached hydrogens (primary N) is 1. The maximum absolute atomic E-state index is 11.7. The lowest BCUT2D eigenvalue weighted by molar-refractivity contribution is -0.115. The summed E-state index contributed by atoms with van der Waals surface area (Å²) in [5, 5.41) is 0. The number of carbonyl (C=O) groups is 1. The lowest BCUT2D eigenvalue weighted by Gasteiger charge is -2.53. The van der Waals surface area contributed by atoms with E-state index in [0.29, 0.717) is 17.1 Å². The van der Waals surface area contributed by atoms with Crippen LogP contribution in [0.5, 0.6) is 0 Å². The van der Waals surface area contributed by atoms with Gasteiger partial charge in [0.15, 0.2) is 5.78 Å². The van der Waals surface area contributed by atoms with E-state index < -0.39 is 0 Å². The van der Waals surface area contributed by atoms with Crippen LogP contribution in [0.1, 0.15) is 52.9 Å². The van der Waals surface area contributed by atoms with E-state index in [2.05, 4.69) is 19.1 Å². The fourth-order valence-corrected chi connectivity index (χ4v) is 7.21. The zero-order valence-electron chi connectivity index (χ0n) is 15.5. The van der Waals surface area contributed by atoms with Crippen LogP contribution in [0.15, 0.2) is 23.8 Å². The van der Waals surface area contributed by atoms with Gasteiger partial charge in [-0.1, -0.05) is 32.9 Å². The average molecular weight is 328 g/mol. The molecule has 0 amide bonds. The van der Waals surface area contributed by atoms with Gasteiger partial charge in [-0.05, 0) is 90.7 Å². The number of ketones is 1. The first-order valence-corrected chi connectivity index (χ1v) is 10.3. The molecule has 2 heteroatoms. The molecule has 0 aromatic carbocycles. The van der Waals surface area contributed by atoms with Crippen LogP contribution in [-0.2, 0) is 4.79 Å². The van der Waals surface area contributed by atoms with Gasteiger partial charge < -0.3 is 5.73 Å². The first-order chi connectivity index (χ1) is 11.6. The number of fused-ring (bicyclic) bond motifs is 7. The van der Waals surface area contributed by atoms with Crippen LogP contribution < -0.4 is 5.73 Å². The highest BCUT2D eigenvalue weighted by molar-refractivity contribution is 5.91. The van der Waals surface area contributed by atoms with Crippen LogP contribution in [0, 0.1) is 46.8 Å². The van der Waals surface area contributed by atoms with Crippen LogP contribution in [0.2, 0.25) is 0 Å². The van der Waals surface area contributed by atoms with E-state index in [1.54, 1.807) is 0 Å². The number of allylic oxidation sites excluding steroid dienone is 4. The molecule has 3 saturated carbocycles. The summed E-state index contributed by atoms with van der Waals surface area (Å²) >= 11 is 0. The molecule has 0 spiro atoms. The quantitative estimate of drug-likeness (QED) is 0.777. The third kappa shape index (κ3) is 2.14. The summed E-state index contributed by atoms with van der Waals surface area (Å²) in [4.78, 5) is 11.7. The molecular weight excluding hydrogens is 294 g/mol. The molecule has 0 heterocycles. The molecule has 0 aliphatic heterocycles. The number of carbonyl (C=O) groups excluding carboxylic acids is 1. The van der Waals surface area contributed by atoms with Crippen molar-refractivity contribution in [3.63, 3.8) is 0 Å². The van der Waals surface area contributed by atoms with Crippen molar-refractivity contribution in [2.24, 2.45) is 52.6 Å². The summed E-state index contributed by atoms with van der Waals surface area (Å²) in [6.07, 6.45) is 12.7. The van der Waals surface area contributed by atoms with Crippen molar-refractivity contribution in [3.8, 4) is 0 Å². The summed E-state index contributed by atoms with van der Waals surface area (Å²) in [7, 11) is 0. The fourth-order valence-electron chi connectivity index (χ4n) is 7.21. The second-order valence-corrected chi connectivity index (χ2v) is 8.83. The lowest BCUT2D eigenvalue weighted by atomic mass is 9.51. The Bertz CT molecular complexity index is 591. The molecule has 2 nitrogen and oxygen atoms in total. The van der Waals surface area contributed by atoms with E-state index in [9.17, 15) is 4.79 Å². The number of hydrogen-bond donors (Lipinski definition) is 1. The van der Waals surface area contributed by atoms with Gasteiger partial charge in [0.2, 0.25) is 0 Å². The Hall–Kier alpha value is -0.890. The third-order valence-electron chi connectivity index (χ3n) is 8.14. The second-order valence-electron chi connectivity index (χ2n) is 8.83. The minimum Gasteiger partial charge on any atom is -0.330 e. The Morgan fingerprint density at radius 3 is 2.75 bits per heavy atom. The lowest BCUT2D eigenvalue weighted by Crippen LogP contribution is -2.48. The molecule has 7 unspecified atom stereocenters. The summed E-state index contributed by atoms with van der Waals surface area (Å²) in [6.45, 7) is 7.43. The second kappa shape index (κ2) is 5.83. The monoisotopic (exact) mass is 327 g/mol. The topological polar surface area (TPSA) is 43.1 Å². The van der Waals surface area contributed by atoms with E-state index in [1.807, 2.05) is 19.9 Å². The third-order valence-corrected chi connectivity index (χ3v) is 8.14. The Balaban J connectivity index is 0.000000704. The van der Waals surface area contributed by atoms with Crippen molar-refractivity contribution in [1.29, 1.82) is 0 Å². The summed E-state index contributed by atoms with van der Waals surface area (Å²) < 4.78 is 0. The van der Waals surface area contributed by atoms with E-state index in [0.717, 1.165) is 54.9 Å². The highest BCUT2D eigenvalue weighted by atomic mass is 16.1. The van der Waals surface area contributed by atoms with Gasteiger partial charge in [0.05, 0.1) is 0 Å². The van der Waals surface area contributed by atoms with Crippen LogP contribution in [0.4, 0.5) is 0 Å². The maximum atomic E-state index is 11.7. The Labute approximate surface area is 147 Å². The average Bonchev–Trinajstić information content (AvgIpc) is 3.31. The van der Waals surface area contributed by atoms with Crippen LogP contribution >= 0.6 is 0 Å². The van der Waals surface area contributed by atoms with Gasteiger partial charge in [-0.15, -0.1) is 0 Å². The maximum Gasteiger partial charge on any atom is 0.155 e. The molecule has 0 aromatic heterocycles. The fraction of sp³-hybridized carbons (Fsp3) is 0.773. The van der Waals surface area contributed by atoms with Gasteiger partial charge in [0.1, 0.15) is 0 Å². The normalized spacial score (nSPS) is 50.6. The van der Waals surface area contributed by atoms with Gasteiger partial charge in [-0.25, -0.2) is 0 Å². The van der Waals surface area contributed by atoms with Gasteiger partial charge in [-0.3, -0.25) is 4.79 Å². The van der Waals surface area contributed by atoms with Gasteiger partial charge in [0.25, 0.3) is 0 Å². The summed E-state index contributed by atoms with van der Waals surface area (Å²) in [5.41, 5.74) is 7.99. The van der Waals surface area contributed by atoms with Crippen molar-refractivity contribution >= 4 is 5.78 Å². The molecule has 0 saturated heterocycles. The Kier molecular flexibility index (Phi) is 4.03. The molecule has 0 aromatic rings. The largest absolute Gasteiger partial charge is 0.330 e. The van der Waals surface area contributed by atoms with Gasteiger partial charge in [-0.2, -0.15) is 0 Å². The van der Waals surface area contributed by atoms with E-state index in [1.165, 1.54) is 24.8 Å². The molecule has 0 radical (unpaired) electrons. The molecule has 5 aliphatic rings. The SMILES string of the molecule is CC.CC12CCC3C4CCC(=O)C=C4C=CC3C1C1CC1[C@@H]2CN.